The summed E-state index contributed by atoms with van der Waals surface area (Å²) in [6.07, 6.45) is 8.56. The van der Waals surface area contributed by atoms with Crippen LogP contribution < -0.4 is 9.75 Å². The molecule has 0 fully saturated rings. The lowest BCUT2D eigenvalue weighted by molar-refractivity contribution is -0.114. The van der Waals surface area contributed by atoms with Gasteiger partial charge in [-0.05, 0) is 114 Å². The number of phenols is 2. The van der Waals surface area contributed by atoms with Crippen molar-refractivity contribution in [1.82, 2.24) is 0 Å². The fourth-order valence-corrected chi connectivity index (χ4v) is 12.4. The largest absolute Gasteiger partial charge is 0.507 e. The fourth-order valence-electron chi connectivity index (χ4n) is 9.46. The van der Waals surface area contributed by atoms with E-state index in [4.69, 9.17) is 0 Å². The minimum absolute atomic E-state index is 0.0806. The first kappa shape index (κ1) is 53.1. The molecule has 0 amide bonds. The Hall–Kier alpha value is -4.26. The standard InChI is InChI=1S/C62H82O4S2/c1-55(2,3)37-25-33(26-38(47(37)63)56(4,5)6)45-51(35-29-41(59(13,14)15)49(65)42(30-35)60(16,17)18)67-54-46(34-27-39(57(7,8)9)48(64)40(28-34)58(10,11)12)52(68-53(45)54)36-31-43(61(19,20)21)50(66)44(32-36)62(22,23)24/h25-32,63,65H,1-24H3. The first-order valence-corrected chi connectivity index (χ1v) is 26.2. The molecule has 366 valence electrons. The van der Waals surface area contributed by atoms with E-state index in [2.05, 4.69) is 215 Å². The van der Waals surface area contributed by atoms with Gasteiger partial charge in [0.1, 0.15) is 11.5 Å². The third kappa shape index (κ3) is 9.89. The summed E-state index contributed by atoms with van der Waals surface area (Å²) < 4.78 is 3.25. The van der Waals surface area contributed by atoms with Gasteiger partial charge >= 0.3 is 0 Å². The molecule has 0 unspecified atom stereocenters. The average Bonchev–Trinajstić information content (AvgIpc) is 3.68. The first-order chi connectivity index (χ1) is 30.5. The third-order valence-electron chi connectivity index (χ3n) is 13.5. The van der Waals surface area contributed by atoms with Crippen LogP contribution in [0.3, 0.4) is 0 Å². The van der Waals surface area contributed by atoms with Crippen molar-refractivity contribution in [1.29, 1.82) is 0 Å². The second kappa shape index (κ2) is 16.7. The molecular formula is C62H82O4S2. The van der Waals surface area contributed by atoms with Crippen LogP contribution in [0.1, 0.15) is 188 Å². The Morgan fingerprint density at radius 2 is 0.662 bits per heavy atom. The molecular weight excluding hydrogens is 873 g/mol. The van der Waals surface area contributed by atoms with Gasteiger partial charge in [0.15, 0.2) is 11.6 Å². The van der Waals surface area contributed by atoms with Crippen LogP contribution in [0.5, 0.6) is 11.5 Å². The molecule has 6 heteroatoms. The van der Waals surface area contributed by atoms with Gasteiger partial charge in [0.2, 0.25) is 0 Å². The Kier molecular flexibility index (Phi) is 13.0. The molecule has 0 bridgehead atoms. The van der Waals surface area contributed by atoms with E-state index in [0.29, 0.717) is 11.5 Å². The van der Waals surface area contributed by atoms with Gasteiger partial charge < -0.3 is 10.2 Å². The number of rotatable bonds is 2. The number of phenolic OH excluding ortho intramolecular Hbond substituents is 2. The number of aromatic hydroxyl groups is 2. The van der Waals surface area contributed by atoms with Gasteiger partial charge in [0, 0.05) is 64.7 Å². The highest BCUT2D eigenvalue weighted by atomic mass is 32.1. The smallest absolute Gasteiger partial charge is 0.186 e. The van der Waals surface area contributed by atoms with Crippen LogP contribution in [0.15, 0.2) is 70.9 Å². The monoisotopic (exact) mass is 955 g/mol. The molecule has 2 aliphatic carbocycles. The van der Waals surface area contributed by atoms with E-state index in [-0.39, 0.29) is 33.2 Å². The molecule has 0 saturated carbocycles. The van der Waals surface area contributed by atoms with E-state index >= 15 is 0 Å². The van der Waals surface area contributed by atoms with Crippen molar-refractivity contribution in [3.63, 3.8) is 0 Å². The zero-order valence-corrected chi connectivity index (χ0v) is 47.8. The summed E-state index contributed by atoms with van der Waals surface area (Å²) in [4.78, 5) is 30.2. The molecule has 68 heavy (non-hydrogen) atoms. The van der Waals surface area contributed by atoms with E-state index in [0.717, 1.165) is 96.4 Å². The minimum Gasteiger partial charge on any atom is -0.507 e. The number of hydrogen-bond donors (Lipinski definition) is 2. The summed E-state index contributed by atoms with van der Waals surface area (Å²) >= 11 is 3.52. The summed E-state index contributed by atoms with van der Waals surface area (Å²) in [6, 6.07) is 8.79. The number of ketones is 2. The third-order valence-corrected chi connectivity index (χ3v) is 16.1. The molecule has 4 nitrogen and oxygen atoms in total. The minimum atomic E-state index is -0.436. The van der Waals surface area contributed by atoms with Crippen molar-refractivity contribution >= 4 is 54.8 Å². The normalized spacial score (nSPS) is 16.4. The van der Waals surface area contributed by atoms with Gasteiger partial charge in [0.05, 0.1) is 9.40 Å². The molecule has 2 aromatic carbocycles. The van der Waals surface area contributed by atoms with Crippen LogP contribution in [-0.4, -0.2) is 21.8 Å². The molecule has 2 heterocycles. The summed E-state index contributed by atoms with van der Waals surface area (Å²) in [6.45, 7) is 51.4. The highest BCUT2D eigenvalue weighted by molar-refractivity contribution is 7.30. The van der Waals surface area contributed by atoms with E-state index < -0.39 is 21.7 Å². The zero-order chi connectivity index (χ0) is 51.8. The number of benzene rings is 2. The molecule has 0 saturated heterocycles. The Labute approximate surface area is 417 Å². The lowest BCUT2D eigenvalue weighted by atomic mass is 9.71. The number of thiophene rings is 2. The van der Waals surface area contributed by atoms with Crippen LogP contribution in [0.4, 0.5) is 0 Å². The molecule has 0 aliphatic heterocycles. The SMILES string of the molecule is CC(C)(C)C1=CC(=c2sc3c(-c4cc(C(C)(C)C)c(O)c(C(C)(C)C)c4)c(-c4cc(C(C)(C)C)c(O)c(C(C)(C)C)c4)sc3c2=C2C=C(C(C)(C)C)C(=O)C(C(C)(C)C)=C2)C=C(C(C)(C)C)C1=O. The van der Waals surface area contributed by atoms with Crippen LogP contribution in [0, 0.1) is 21.7 Å². The van der Waals surface area contributed by atoms with Crippen molar-refractivity contribution in [2.75, 3.05) is 0 Å². The number of allylic oxidation sites excluding steroid dienone is 8. The molecule has 0 spiro atoms. The predicted octanol–water partition coefficient (Wildman–Crippen LogP) is 16.3. The van der Waals surface area contributed by atoms with Gasteiger partial charge in [-0.25, -0.2) is 0 Å². The number of carbonyl (C=O) groups excluding carboxylic acids is 2. The topological polar surface area (TPSA) is 74.6 Å². The number of fused-ring (bicyclic) bond motifs is 1. The van der Waals surface area contributed by atoms with E-state index in [1.807, 2.05) is 0 Å². The van der Waals surface area contributed by atoms with Gasteiger partial charge in [-0.3, -0.25) is 9.59 Å². The van der Waals surface area contributed by atoms with Gasteiger partial charge in [-0.1, -0.05) is 166 Å². The number of hydrogen-bond acceptors (Lipinski definition) is 6. The summed E-state index contributed by atoms with van der Waals surface area (Å²) in [5, 5.41) is 25.3. The van der Waals surface area contributed by atoms with Gasteiger partial charge in [-0.15, -0.1) is 22.7 Å². The second-order valence-corrected chi connectivity index (χ2v) is 30.0. The maximum absolute atomic E-state index is 14.6. The highest BCUT2D eigenvalue weighted by Crippen LogP contribution is 2.52. The zero-order valence-electron chi connectivity index (χ0n) is 46.1. The van der Waals surface area contributed by atoms with Crippen molar-refractivity contribution < 1.29 is 19.8 Å². The van der Waals surface area contributed by atoms with Crippen molar-refractivity contribution in [2.45, 2.75) is 188 Å². The molecule has 4 aromatic rings. The Balaban J connectivity index is 2.06. The Morgan fingerprint density at radius 1 is 0.368 bits per heavy atom. The average molecular weight is 955 g/mol. The molecule has 6 rings (SSSR count). The quantitative estimate of drug-likeness (QED) is 0.210. The van der Waals surface area contributed by atoms with Gasteiger partial charge in [0.25, 0.3) is 0 Å². The lowest BCUT2D eigenvalue weighted by Crippen LogP contribution is -2.32. The van der Waals surface area contributed by atoms with E-state index in [9.17, 15) is 19.8 Å². The maximum Gasteiger partial charge on any atom is 0.186 e. The number of carbonyl (C=O) groups is 2. The van der Waals surface area contributed by atoms with E-state index in [1.165, 1.54) is 0 Å². The van der Waals surface area contributed by atoms with Crippen LogP contribution in [-0.2, 0) is 31.2 Å². The lowest BCUT2D eigenvalue weighted by Gasteiger charge is -2.31. The summed E-state index contributed by atoms with van der Waals surface area (Å²) in [7, 11) is 0. The summed E-state index contributed by atoms with van der Waals surface area (Å²) in [5.41, 5.74) is 8.53. The maximum atomic E-state index is 14.6. The predicted molar refractivity (Wildman–Crippen MR) is 295 cm³/mol. The van der Waals surface area contributed by atoms with Crippen LogP contribution in [0.2, 0.25) is 0 Å². The molecule has 2 N–H and O–H groups in total. The number of Topliss-reactive ketones (excluding diaryl/α,β-unsaturated/α-hetero) is 2. The van der Waals surface area contributed by atoms with Crippen LogP contribution in [0.25, 0.3) is 42.1 Å². The second-order valence-electron chi connectivity index (χ2n) is 27.9. The molecule has 2 aromatic heterocycles. The molecule has 0 radical (unpaired) electrons. The van der Waals surface area contributed by atoms with Crippen molar-refractivity contribution in [2.24, 2.45) is 21.7 Å². The van der Waals surface area contributed by atoms with Crippen LogP contribution >= 0.6 is 22.7 Å². The first-order valence-electron chi connectivity index (χ1n) is 24.5. The van der Waals surface area contributed by atoms with E-state index in [1.54, 1.807) is 22.7 Å². The molecule has 0 atom stereocenters. The van der Waals surface area contributed by atoms with Gasteiger partial charge in [-0.2, -0.15) is 0 Å². The highest BCUT2D eigenvalue weighted by Gasteiger charge is 2.38. The Morgan fingerprint density at radius 3 is 0.956 bits per heavy atom. The Bertz CT molecular complexity index is 2890. The fraction of sp³-hybridized carbons (Fsp3) is 0.516. The van der Waals surface area contributed by atoms with Crippen molar-refractivity contribution in [3.8, 4) is 33.1 Å². The summed E-state index contributed by atoms with van der Waals surface area (Å²) in [5.74, 6) is 0.826. The molecule has 2 aliphatic rings. The van der Waals surface area contributed by atoms with Crippen molar-refractivity contribution in [3.05, 3.63) is 103 Å².